The third-order valence-corrected chi connectivity index (χ3v) is 7.56. The molecular weight excluding hydrogens is 462 g/mol. The predicted octanol–water partition coefficient (Wildman–Crippen LogP) is 4.77. The van der Waals surface area contributed by atoms with E-state index >= 15 is 0 Å². The zero-order valence-electron chi connectivity index (χ0n) is 18.3. The second-order valence-corrected chi connectivity index (χ2v) is 10.0. The number of sulfonamides is 1. The van der Waals surface area contributed by atoms with Crippen LogP contribution in [0, 0.1) is 24.0 Å². The Balaban J connectivity index is 1.95. The summed E-state index contributed by atoms with van der Waals surface area (Å²) in [6.07, 6.45) is 1.89. The van der Waals surface area contributed by atoms with E-state index in [0.717, 1.165) is 14.8 Å². The van der Waals surface area contributed by atoms with Crippen LogP contribution in [-0.2, 0) is 14.8 Å². The van der Waals surface area contributed by atoms with Crippen molar-refractivity contribution in [3.05, 3.63) is 88.0 Å². The minimum absolute atomic E-state index is 0.0557. The first-order valence-corrected chi connectivity index (χ1v) is 12.6. The number of anilines is 2. The predicted molar refractivity (Wildman–Crippen MR) is 130 cm³/mol. The van der Waals surface area contributed by atoms with Gasteiger partial charge in [-0.1, -0.05) is 23.8 Å². The molecule has 1 N–H and O–H groups in total. The fourth-order valence-electron chi connectivity index (χ4n) is 3.18. The minimum atomic E-state index is -4.06. The van der Waals surface area contributed by atoms with Gasteiger partial charge in [-0.05, 0) is 62.6 Å². The molecule has 0 atom stereocenters. The maximum atomic E-state index is 13.5. The molecule has 3 aromatic rings. The molecule has 3 rings (SSSR count). The van der Waals surface area contributed by atoms with Crippen LogP contribution in [0.4, 0.5) is 17.1 Å². The SMILES string of the molecule is CSc1ccc(S(=O)(=O)N(CC(=O)Nc2cccc([N+](=O)[O-])c2C)c2ccc(C)cc2)cc1. The van der Waals surface area contributed by atoms with Crippen LogP contribution in [0.5, 0.6) is 0 Å². The van der Waals surface area contributed by atoms with Gasteiger partial charge in [0.15, 0.2) is 0 Å². The molecule has 3 aromatic carbocycles. The Labute approximate surface area is 196 Å². The highest BCUT2D eigenvalue weighted by Crippen LogP contribution is 2.27. The van der Waals surface area contributed by atoms with Crippen molar-refractivity contribution in [1.82, 2.24) is 0 Å². The first kappa shape index (κ1) is 24.3. The lowest BCUT2D eigenvalue weighted by molar-refractivity contribution is -0.385. The number of nitro groups is 1. The van der Waals surface area contributed by atoms with E-state index in [-0.39, 0.29) is 21.8 Å². The normalized spacial score (nSPS) is 11.1. The Morgan fingerprint density at radius 3 is 2.24 bits per heavy atom. The van der Waals surface area contributed by atoms with E-state index in [1.54, 1.807) is 36.4 Å². The Morgan fingerprint density at radius 2 is 1.67 bits per heavy atom. The maximum Gasteiger partial charge on any atom is 0.274 e. The Hall–Kier alpha value is -3.37. The van der Waals surface area contributed by atoms with Crippen molar-refractivity contribution in [2.75, 3.05) is 22.4 Å². The smallest absolute Gasteiger partial charge is 0.274 e. The highest BCUT2D eigenvalue weighted by Gasteiger charge is 2.27. The van der Waals surface area contributed by atoms with Crippen LogP contribution in [0.2, 0.25) is 0 Å². The van der Waals surface area contributed by atoms with Crippen molar-refractivity contribution in [2.24, 2.45) is 0 Å². The summed E-state index contributed by atoms with van der Waals surface area (Å²) < 4.78 is 28.0. The van der Waals surface area contributed by atoms with Crippen molar-refractivity contribution in [3.8, 4) is 0 Å². The molecule has 0 radical (unpaired) electrons. The molecule has 0 bridgehead atoms. The lowest BCUT2D eigenvalue weighted by atomic mass is 10.1. The number of nitro benzene ring substituents is 1. The van der Waals surface area contributed by atoms with E-state index in [1.165, 1.54) is 49.0 Å². The Kier molecular flexibility index (Phi) is 7.39. The topological polar surface area (TPSA) is 110 Å². The number of thioether (sulfide) groups is 1. The van der Waals surface area contributed by atoms with Gasteiger partial charge in [0.25, 0.3) is 15.7 Å². The van der Waals surface area contributed by atoms with Crippen LogP contribution in [0.25, 0.3) is 0 Å². The molecule has 8 nitrogen and oxygen atoms in total. The summed E-state index contributed by atoms with van der Waals surface area (Å²) in [4.78, 5) is 24.5. The molecule has 0 unspecified atom stereocenters. The number of hydrogen-bond donors (Lipinski definition) is 1. The molecule has 1 amide bonds. The maximum absolute atomic E-state index is 13.5. The molecule has 10 heteroatoms. The number of amides is 1. The van der Waals surface area contributed by atoms with Crippen molar-refractivity contribution >= 4 is 44.8 Å². The largest absolute Gasteiger partial charge is 0.324 e. The van der Waals surface area contributed by atoms with Gasteiger partial charge in [-0.25, -0.2) is 8.42 Å². The lowest BCUT2D eigenvalue weighted by Gasteiger charge is -2.24. The van der Waals surface area contributed by atoms with E-state index in [0.29, 0.717) is 5.69 Å². The van der Waals surface area contributed by atoms with Gasteiger partial charge < -0.3 is 5.32 Å². The Morgan fingerprint density at radius 1 is 1.03 bits per heavy atom. The van der Waals surface area contributed by atoms with E-state index < -0.39 is 27.4 Å². The summed E-state index contributed by atoms with van der Waals surface area (Å²) in [5.74, 6) is -0.622. The summed E-state index contributed by atoms with van der Waals surface area (Å²) in [6, 6.07) is 17.5. The van der Waals surface area contributed by atoms with E-state index in [4.69, 9.17) is 0 Å². The van der Waals surface area contributed by atoms with Gasteiger partial charge in [-0.3, -0.25) is 19.2 Å². The number of nitrogens with one attached hydrogen (secondary N) is 1. The van der Waals surface area contributed by atoms with E-state index in [2.05, 4.69) is 5.32 Å². The Bertz CT molecular complexity index is 1270. The minimum Gasteiger partial charge on any atom is -0.324 e. The fourth-order valence-corrected chi connectivity index (χ4v) is 5.01. The fraction of sp³-hybridized carbons (Fsp3) is 0.174. The number of rotatable bonds is 8. The van der Waals surface area contributed by atoms with E-state index in [9.17, 15) is 23.3 Å². The molecule has 0 aliphatic carbocycles. The highest BCUT2D eigenvalue weighted by molar-refractivity contribution is 7.98. The number of benzene rings is 3. The van der Waals surface area contributed by atoms with Crippen LogP contribution in [0.1, 0.15) is 11.1 Å². The van der Waals surface area contributed by atoms with Gasteiger partial charge in [0.05, 0.1) is 26.8 Å². The van der Waals surface area contributed by atoms with Gasteiger partial charge in [0, 0.05) is 11.0 Å². The van der Waals surface area contributed by atoms with E-state index in [1.807, 2.05) is 13.2 Å². The monoisotopic (exact) mass is 485 g/mol. The molecule has 0 fully saturated rings. The molecule has 172 valence electrons. The van der Waals surface area contributed by atoms with Gasteiger partial charge >= 0.3 is 0 Å². The number of aryl methyl sites for hydroxylation is 1. The summed E-state index contributed by atoms with van der Waals surface area (Å²) in [6.45, 7) is 2.90. The quantitative estimate of drug-likeness (QED) is 0.280. The average molecular weight is 486 g/mol. The number of carbonyl (C=O) groups excluding carboxylic acids is 1. The van der Waals surface area contributed by atoms with Crippen molar-refractivity contribution < 1.29 is 18.1 Å². The van der Waals surface area contributed by atoms with Gasteiger partial charge in [0.1, 0.15) is 6.54 Å². The van der Waals surface area contributed by atoms with Crippen LogP contribution in [0.3, 0.4) is 0 Å². The zero-order valence-corrected chi connectivity index (χ0v) is 19.9. The third-order valence-electron chi connectivity index (χ3n) is 5.03. The number of hydrogen-bond acceptors (Lipinski definition) is 6. The second-order valence-electron chi connectivity index (χ2n) is 7.28. The first-order valence-electron chi connectivity index (χ1n) is 9.91. The van der Waals surface area contributed by atoms with Crippen LogP contribution < -0.4 is 9.62 Å². The molecule has 0 heterocycles. The van der Waals surface area contributed by atoms with Crippen LogP contribution in [-0.4, -0.2) is 32.0 Å². The van der Waals surface area contributed by atoms with Crippen molar-refractivity contribution in [1.29, 1.82) is 0 Å². The number of nitrogens with zero attached hydrogens (tertiary/aromatic N) is 2. The zero-order chi connectivity index (χ0) is 24.2. The van der Waals surface area contributed by atoms with Gasteiger partial charge in [-0.2, -0.15) is 0 Å². The molecule has 0 spiro atoms. The molecule has 0 aromatic heterocycles. The van der Waals surface area contributed by atoms with Crippen molar-refractivity contribution in [3.63, 3.8) is 0 Å². The van der Waals surface area contributed by atoms with Crippen molar-refractivity contribution in [2.45, 2.75) is 23.6 Å². The summed E-state index contributed by atoms with van der Waals surface area (Å²) >= 11 is 1.49. The van der Waals surface area contributed by atoms with Crippen LogP contribution >= 0.6 is 11.8 Å². The second kappa shape index (κ2) is 10.1. The molecule has 0 saturated carbocycles. The highest BCUT2D eigenvalue weighted by atomic mass is 32.2. The lowest BCUT2D eigenvalue weighted by Crippen LogP contribution is -2.38. The summed E-state index contributed by atoms with van der Waals surface area (Å²) in [5, 5.41) is 13.8. The number of carbonyl (C=O) groups is 1. The third kappa shape index (κ3) is 5.52. The van der Waals surface area contributed by atoms with Crippen LogP contribution in [0.15, 0.2) is 76.5 Å². The molecular formula is C23H23N3O5S2. The molecule has 0 aliphatic heterocycles. The van der Waals surface area contributed by atoms with Gasteiger partial charge in [0.2, 0.25) is 5.91 Å². The molecule has 33 heavy (non-hydrogen) atoms. The first-order chi connectivity index (χ1) is 15.6. The molecule has 0 saturated heterocycles. The summed E-state index contributed by atoms with van der Waals surface area (Å²) in [5.41, 5.74) is 1.68. The standard InChI is InChI=1S/C23H23N3O5S2/c1-16-7-9-18(10-8-16)25(33(30,31)20-13-11-19(32-3)12-14-20)15-23(27)24-21-5-4-6-22(17(21)2)26(28)29/h4-14H,15H2,1-3H3,(H,24,27). The molecule has 0 aliphatic rings. The summed E-state index contributed by atoms with van der Waals surface area (Å²) in [7, 11) is -4.06. The van der Waals surface area contributed by atoms with Gasteiger partial charge in [-0.15, -0.1) is 11.8 Å². The average Bonchev–Trinajstić information content (AvgIpc) is 2.79.